The van der Waals surface area contributed by atoms with Gasteiger partial charge in [0.2, 0.25) is 0 Å². The molecule has 0 saturated heterocycles. The average molecular weight is 1680 g/mol. The Bertz CT molecular complexity index is 5390. The number of para-hydroxylation sites is 6. The number of methoxy groups -OCH3 is 1. The number of benzene rings is 12. The first kappa shape index (κ1) is 86.4. The molecule has 27 heteroatoms. The van der Waals surface area contributed by atoms with Crippen molar-refractivity contribution in [3.8, 4) is 142 Å². The standard InChI is InChI=1S/C17H19NO2.C16H16ClNO3.C16H16FNO2.3C15H13F2NO2/c1-12-6-3-4-7-14(12)15-8-5-9-16-17(15)20-13(10-18-2)11-19-16;1-19-14-6-5-10(17)7-13(14)12-3-2-4-15-16(12)21-11(8-18)9-20-15;1-18-9-11-10-19-15-8-4-6-13(16(15)20-11)12-5-2-3-7-14(12)17;16-12-5-1-3-10(14(12)17)11-4-2-6-13-15(11)20-9(7-18)8-19-13;16-9-4-5-11(13(17)6-9)12-2-1-3-14-15(12)20-10(7-18)8-19-14;16-9-4-5-13(17)12(6-9)11-2-1-3-14-15(11)20-10(7-18)8-19-14/h3-9,13,18H,10-11H2,1-2H3;2-7,11H,8-9,18H2,1H3;2-8,11,18H,9-10H2,1H3;1-6,9H,7-8,18H2;2*1-6,10H,7-8,18H2. The number of hydrogen-bond acceptors (Lipinski definition) is 19. The first-order valence-electron chi connectivity index (χ1n) is 39.0. The van der Waals surface area contributed by atoms with Gasteiger partial charge in [-0.1, -0.05) is 139 Å². The highest BCUT2D eigenvalue weighted by Gasteiger charge is 2.32. The molecule has 6 unspecified atom stereocenters. The van der Waals surface area contributed by atoms with Crippen LogP contribution in [0.15, 0.2) is 231 Å². The molecule has 630 valence electrons. The first-order valence-corrected chi connectivity index (χ1v) is 39.4. The number of halogens is 8. The van der Waals surface area contributed by atoms with Gasteiger partial charge in [-0.2, -0.15) is 0 Å². The Kier molecular flexibility index (Phi) is 29.3. The summed E-state index contributed by atoms with van der Waals surface area (Å²) in [6.45, 7) is 7.46. The zero-order valence-corrected chi connectivity index (χ0v) is 67.3. The molecule has 121 heavy (non-hydrogen) atoms. The van der Waals surface area contributed by atoms with E-state index in [9.17, 15) is 30.7 Å². The Labute approximate surface area is 700 Å². The highest BCUT2D eigenvalue weighted by atomic mass is 35.5. The van der Waals surface area contributed by atoms with E-state index in [1.54, 1.807) is 79.9 Å². The molecule has 0 amide bonds. The Morgan fingerprint density at radius 2 is 0.636 bits per heavy atom. The van der Waals surface area contributed by atoms with Crippen molar-refractivity contribution in [3.05, 3.63) is 282 Å². The van der Waals surface area contributed by atoms with E-state index in [4.69, 9.17) is 96.1 Å². The molecule has 12 aromatic carbocycles. The van der Waals surface area contributed by atoms with Crippen molar-refractivity contribution in [2.75, 3.05) is 100 Å². The zero-order valence-electron chi connectivity index (χ0n) is 66.5. The van der Waals surface area contributed by atoms with Gasteiger partial charge in [-0.25, -0.2) is 30.7 Å². The van der Waals surface area contributed by atoms with Crippen LogP contribution < -0.4 is 95.1 Å². The van der Waals surface area contributed by atoms with Crippen LogP contribution in [0.3, 0.4) is 0 Å². The summed E-state index contributed by atoms with van der Waals surface area (Å²) in [5.41, 5.74) is 30.9. The molecular weight excluding hydrogens is 1590 g/mol. The molecule has 0 spiro atoms. The number of hydrogen-bond donors (Lipinski definition) is 6. The minimum atomic E-state index is -0.903. The molecule has 6 atom stereocenters. The monoisotopic (exact) mass is 1680 g/mol. The maximum Gasteiger partial charge on any atom is 0.169 e. The minimum Gasteiger partial charge on any atom is -0.496 e. The smallest absolute Gasteiger partial charge is 0.169 e. The van der Waals surface area contributed by atoms with Gasteiger partial charge in [0, 0.05) is 112 Å². The third-order valence-corrected chi connectivity index (χ3v) is 20.0. The fourth-order valence-corrected chi connectivity index (χ4v) is 13.9. The lowest BCUT2D eigenvalue weighted by atomic mass is 9.99. The number of aryl methyl sites for hydroxylation is 1. The third kappa shape index (κ3) is 20.7. The topological polar surface area (TPSA) is 248 Å². The van der Waals surface area contributed by atoms with Crippen LogP contribution in [-0.4, -0.2) is 137 Å². The predicted octanol–water partition coefficient (Wildman–Crippen LogP) is 17.2. The number of nitrogens with two attached hydrogens (primary N) is 4. The van der Waals surface area contributed by atoms with E-state index in [0.29, 0.717) is 157 Å². The molecule has 19 nitrogen and oxygen atoms in total. The lowest BCUT2D eigenvalue weighted by molar-refractivity contribution is 0.0926. The highest BCUT2D eigenvalue weighted by molar-refractivity contribution is 6.31. The lowest BCUT2D eigenvalue weighted by Crippen LogP contribution is -2.37. The van der Waals surface area contributed by atoms with Crippen molar-refractivity contribution in [1.29, 1.82) is 0 Å². The van der Waals surface area contributed by atoms with Gasteiger partial charge in [0.1, 0.15) is 111 Å². The van der Waals surface area contributed by atoms with Crippen LogP contribution in [0.5, 0.6) is 74.7 Å². The van der Waals surface area contributed by atoms with Crippen molar-refractivity contribution in [2.45, 2.75) is 43.5 Å². The summed E-state index contributed by atoms with van der Waals surface area (Å²) in [7, 11) is 5.41. The van der Waals surface area contributed by atoms with E-state index < -0.39 is 34.9 Å². The van der Waals surface area contributed by atoms with Crippen molar-refractivity contribution in [2.24, 2.45) is 22.9 Å². The van der Waals surface area contributed by atoms with Crippen molar-refractivity contribution < 1.29 is 92.3 Å². The quantitative estimate of drug-likeness (QED) is 0.0522. The molecule has 12 aromatic rings. The minimum absolute atomic E-state index is 0.0534. The predicted molar refractivity (Wildman–Crippen MR) is 451 cm³/mol. The zero-order chi connectivity index (χ0) is 85.1. The van der Waals surface area contributed by atoms with Crippen LogP contribution >= 0.6 is 11.6 Å². The van der Waals surface area contributed by atoms with Gasteiger partial charge in [0.25, 0.3) is 0 Å². The summed E-state index contributed by atoms with van der Waals surface area (Å²) in [5, 5.41) is 6.83. The van der Waals surface area contributed by atoms with E-state index >= 15 is 0 Å². The largest absolute Gasteiger partial charge is 0.496 e. The van der Waals surface area contributed by atoms with Crippen LogP contribution in [0.4, 0.5) is 30.7 Å². The molecule has 0 fully saturated rings. The molecule has 6 aliphatic heterocycles. The number of nitrogens with one attached hydrogen (secondary N) is 2. The summed E-state index contributed by atoms with van der Waals surface area (Å²) in [4.78, 5) is 0. The average Bonchev–Trinajstić information content (AvgIpc) is 0.822. The highest BCUT2D eigenvalue weighted by Crippen LogP contribution is 2.49. The Morgan fingerprint density at radius 3 is 1.05 bits per heavy atom. The summed E-state index contributed by atoms with van der Waals surface area (Å²) in [5.74, 6) is 3.54. The summed E-state index contributed by atoms with van der Waals surface area (Å²) in [6, 6.07) is 64.0. The van der Waals surface area contributed by atoms with Crippen LogP contribution in [0.1, 0.15) is 5.56 Å². The van der Waals surface area contributed by atoms with Gasteiger partial charge in [-0.05, 0) is 129 Å². The van der Waals surface area contributed by atoms with Gasteiger partial charge in [-0.15, -0.1) is 0 Å². The number of ether oxygens (including phenoxy) is 13. The van der Waals surface area contributed by atoms with Crippen LogP contribution in [0, 0.1) is 47.6 Å². The fourth-order valence-electron chi connectivity index (χ4n) is 13.8. The van der Waals surface area contributed by atoms with Gasteiger partial charge in [0.05, 0.1) is 7.11 Å². The van der Waals surface area contributed by atoms with E-state index in [-0.39, 0.29) is 59.1 Å². The maximum atomic E-state index is 14.0. The van der Waals surface area contributed by atoms with Crippen LogP contribution in [0.2, 0.25) is 5.02 Å². The molecule has 0 radical (unpaired) electrons. The number of rotatable bonds is 15. The summed E-state index contributed by atoms with van der Waals surface area (Å²) < 4.78 is 170. The molecule has 6 aliphatic rings. The summed E-state index contributed by atoms with van der Waals surface area (Å²) in [6.07, 6.45) is -1.02. The van der Waals surface area contributed by atoms with Gasteiger partial charge >= 0.3 is 0 Å². The second-order valence-corrected chi connectivity index (χ2v) is 28.6. The number of likely N-dealkylation sites (N-methyl/N-ethyl adjacent to an activating group) is 2. The van der Waals surface area contributed by atoms with Gasteiger partial charge in [0.15, 0.2) is 80.6 Å². The Balaban J connectivity index is 0.000000125. The molecule has 0 saturated carbocycles. The Morgan fingerprint density at radius 1 is 0.314 bits per heavy atom. The van der Waals surface area contributed by atoms with Crippen molar-refractivity contribution in [3.63, 3.8) is 0 Å². The van der Waals surface area contributed by atoms with Crippen molar-refractivity contribution >= 4 is 11.6 Å². The molecule has 0 bridgehead atoms. The van der Waals surface area contributed by atoms with Crippen LogP contribution in [-0.2, 0) is 0 Å². The first-order chi connectivity index (χ1) is 58.9. The molecule has 18 rings (SSSR count). The van der Waals surface area contributed by atoms with Crippen molar-refractivity contribution in [1.82, 2.24) is 10.6 Å². The SMILES string of the molecule is CNCC1COc2cccc(-c3ccccc3C)c2O1.CNCC1COc2cccc(-c3ccccc3F)c2O1.COc1ccc(Cl)cc1-c1cccc2c1OC(CN)CO2.NCC1COc2cccc(-c3cc(F)ccc3F)c2O1.NCC1COc2cccc(-c3ccc(F)cc3F)c2O1.NCC1COc2cccc(-c3cccc(F)c3F)c2O1. The molecular formula is C94H90ClF7N6O13. The van der Waals surface area contributed by atoms with E-state index in [1.165, 1.54) is 41.5 Å². The number of fused-ring (bicyclic) bond motifs is 6. The second-order valence-electron chi connectivity index (χ2n) is 28.1. The van der Waals surface area contributed by atoms with E-state index in [1.807, 2.05) is 80.8 Å². The van der Waals surface area contributed by atoms with E-state index in [0.717, 1.165) is 76.4 Å². The third-order valence-electron chi connectivity index (χ3n) is 19.8. The lowest BCUT2D eigenvalue weighted by Gasteiger charge is -2.28. The molecule has 0 aliphatic carbocycles. The van der Waals surface area contributed by atoms with Gasteiger partial charge < -0.3 is 95.1 Å². The fraction of sp³-hybridized carbons (Fsp3) is 0.234. The molecule has 6 heterocycles. The Hall–Kier alpha value is -12.4. The van der Waals surface area contributed by atoms with E-state index in [2.05, 4.69) is 47.9 Å². The molecule has 10 N–H and O–H groups in total. The second kappa shape index (κ2) is 41.0. The van der Waals surface area contributed by atoms with Gasteiger partial charge in [-0.3, -0.25) is 0 Å². The summed E-state index contributed by atoms with van der Waals surface area (Å²) >= 11 is 6.12. The molecule has 0 aromatic heterocycles. The maximum absolute atomic E-state index is 14.0. The van der Waals surface area contributed by atoms with Crippen LogP contribution in [0.25, 0.3) is 66.8 Å². The normalized spacial score (nSPS) is 17.0.